The number of aromatic carboxylic acids is 1. The second-order valence-electron chi connectivity index (χ2n) is 6.81. The third-order valence-electron chi connectivity index (χ3n) is 5.10. The molecule has 2 aromatic carbocycles. The molecule has 0 atom stereocenters. The summed E-state index contributed by atoms with van der Waals surface area (Å²) >= 11 is 0. The summed E-state index contributed by atoms with van der Waals surface area (Å²) in [6.07, 6.45) is 4.50. The third-order valence-corrected chi connectivity index (χ3v) is 5.10. The van der Waals surface area contributed by atoms with Gasteiger partial charge in [-0.05, 0) is 60.2 Å². The number of rotatable bonds is 4. The maximum Gasteiger partial charge on any atom is 0.336 e. The van der Waals surface area contributed by atoms with Crippen molar-refractivity contribution in [2.75, 3.05) is 14.2 Å². The number of hydrogen-bond donors (Lipinski definition) is 1. The van der Waals surface area contributed by atoms with E-state index < -0.39 is 5.97 Å². The van der Waals surface area contributed by atoms with Gasteiger partial charge >= 0.3 is 5.97 Å². The van der Waals surface area contributed by atoms with Crippen LogP contribution in [0.25, 0.3) is 22.6 Å². The van der Waals surface area contributed by atoms with Gasteiger partial charge in [-0.1, -0.05) is 18.2 Å². The van der Waals surface area contributed by atoms with Crippen molar-refractivity contribution in [2.24, 2.45) is 0 Å². The summed E-state index contributed by atoms with van der Waals surface area (Å²) in [5, 5.41) is 10.6. The SMILES string of the molecule is COc1cc(/C=C2/CCCc3c2nc2ccccc2c3C(=O)O)cc(OC)c1. The van der Waals surface area contributed by atoms with Gasteiger partial charge in [0.15, 0.2) is 0 Å². The van der Waals surface area contributed by atoms with Crippen molar-refractivity contribution in [3.63, 3.8) is 0 Å². The van der Waals surface area contributed by atoms with Gasteiger partial charge in [0, 0.05) is 11.5 Å². The number of pyridine rings is 1. The first-order valence-electron chi connectivity index (χ1n) is 9.19. The average molecular weight is 375 g/mol. The average Bonchev–Trinajstić information content (AvgIpc) is 2.71. The lowest BCUT2D eigenvalue weighted by atomic mass is 9.86. The zero-order valence-corrected chi connectivity index (χ0v) is 15.9. The zero-order valence-electron chi connectivity index (χ0n) is 15.9. The molecule has 28 heavy (non-hydrogen) atoms. The second-order valence-corrected chi connectivity index (χ2v) is 6.81. The zero-order chi connectivity index (χ0) is 19.7. The van der Waals surface area contributed by atoms with Gasteiger partial charge in [-0.2, -0.15) is 0 Å². The Morgan fingerprint density at radius 1 is 1.07 bits per heavy atom. The molecule has 1 heterocycles. The molecule has 0 radical (unpaired) electrons. The van der Waals surface area contributed by atoms with Crippen LogP contribution in [0.4, 0.5) is 0 Å². The van der Waals surface area contributed by atoms with Gasteiger partial charge < -0.3 is 14.6 Å². The number of nitrogens with zero attached hydrogens (tertiary/aromatic N) is 1. The summed E-state index contributed by atoms with van der Waals surface area (Å²) in [5.41, 5.74) is 4.64. The van der Waals surface area contributed by atoms with E-state index in [1.807, 2.05) is 42.5 Å². The molecular weight excluding hydrogens is 354 g/mol. The van der Waals surface area contributed by atoms with Gasteiger partial charge in [-0.25, -0.2) is 9.78 Å². The van der Waals surface area contributed by atoms with Crippen LogP contribution >= 0.6 is 0 Å². The van der Waals surface area contributed by atoms with Crippen molar-refractivity contribution >= 4 is 28.5 Å². The Labute approximate surface area is 163 Å². The number of hydrogen-bond acceptors (Lipinski definition) is 4. The van der Waals surface area contributed by atoms with E-state index in [0.717, 1.165) is 35.2 Å². The highest BCUT2D eigenvalue weighted by molar-refractivity contribution is 6.05. The molecule has 0 unspecified atom stereocenters. The molecule has 0 fully saturated rings. The number of carboxylic acid groups (broad SMARTS) is 1. The highest BCUT2D eigenvalue weighted by Crippen LogP contribution is 2.36. The molecule has 0 saturated heterocycles. The van der Waals surface area contributed by atoms with Crippen molar-refractivity contribution in [3.8, 4) is 11.5 Å². The molecule has 5 nitrogen and oxygen atoms in total. The Morgan fingerprint density at radius 2 is 1.79 bits per heavy atom. The highest BCUT2D eigenvalue weighted by atomic mass is 16.5. The molecule has 1 N–H and O–H groups in total. The molecule has 1 aliphatic carbocycles. The first-order valence-corrected chi connectivity index (χ1v) is 9.19. The molecular formula is C23H21NO4. The van der Waals surface area contributed by atoms with Crippen molar-refractivity contribution in [2.45, 2.75) is 19.3 Å². The van der Waals surface area contributed by atoms with Crippen LogP contribution < -0.4 is 9.47 Å². The monoisotopic (exact) mass is 375 g/mol. The molecule has 142 valence electrons. The van der Waals surface area contributed by atoms with Crippen molar-refractivity contribution in [3.05, 3.63) is 64.8 Å². The smallest absolute Gasteiger partial charge is 0.336 e. The molecule has 0 saturated carbocycles. The van der Waals surface area contributed by atoms with Gasteiger partial charge in [0.2, 0.25) is 0 Å². The van der Waals surface area contributed by atoms with Crippen molar-refractivity contribution in [1.82, 2.24) is 4.98 Å². The van der Waals surface area contributed by atoms with Crippen LogP contribution in [0.3, 0.4) is 0 Å². The minimum atomic E-state index is -0.904. The lowest BCUT2D eigenvalue weighted by Crippen LogP contribution is -2.13. The van der Waals surface area contributed by atoms with Crippen LogP contribution in [-0.2, 0) is 6.42 Å². The van der Waals surface area contributed by atoms with Gasteiger partial charge in [0.05, 0.1) is 31.0 Å². The van der Waals surface area contributed by atoms with Crippen LogP contribution in [0.2, 0.25) is 0 Å². The number of carboxylic acids is 1. The van der Waals surface area contributed by atoms with Crippen LogP contribution in [0.5, 0.6) is 11.5 Å². The van der Waals surface area contributed by atoms with Crippen molar-refractivity contribution in [1.29, 1.82) is 0 Å². The predicted molar refractivity (Wildman–Crippen MR) is 109 cm³/mol. The van der Waals surface area contributed by atoms with Gasteiger partial charge in [-0.15, -0.1) is 0 Å². The number of fused-ring (bicyclic) bond motifs is 2. The lowest BCUT2D eigenvalue weighted by molar-refractivity contribution is 0.0697. The number of ether oxygens (including phenoxy) is 2. The Hall–Kier alpha value is -3.34. The summed E-state index contributed by atoms with van der Waals surface area (Å²) in [6, 6.07) is 13.1. The van der Waals surface area contributed by atoms with Crippen LogP contribution in [0.1, 0.15) is 40.0 Å². The summed E-state index contributed by atoms with van der Waals surface area (Å²) in [4.78, 5) is 16.9. The Bertz CT molecular complexity index is 1080. The van der Waals surface area contributed by atoms with E-state index >= 15 is 0 Å². The largest absolute Gasteiger partial charge is 0.497 e. The molecule has 3 aromatic rings. The molecule has 1 aliphatic rings. The maximum atomic E-state index is 12.0. The van der Waals surface area contributed by atoms with Gasteiger partial charge in [0.25, 0.3) is 0 Å². The minimum Gasteiger partial charge on any atom is -0.497 e. The number of carbonyl (C=O) groups is 1. The van der Waals surface area contributed by atoms with E-state index in [9.17, 15) is 9.90 Å². The van der Waals surface area contributed by atoms with E-state index in [0.29, 0.717) is 34.4 Å². The van der Waals surface area contributed by atoms with Crippen LogP contribution in [0.15, 0.2) is 42.5 Å². The summed E-state index contributed by atoms with van der Waals surface area (Å²) in [5.74, 6) is 0.513. The van der Waals surface area contributed by atoms with Gasteiger partial charge in [-0.3, -0.25) is 0 Å². The lowest BCUT2D eigenvalue weighted by Gasteiger charge is -2.21. The Kier molecular flexibility index (Phi) is 4.74. The summed E-state index contributed by atoms with van der Waals surface area (Å²) in [7, 11) is 3.24. The number of allylic oxidation sites excluding steroid dienone is 1. The van der Waals surface area contributed by atoms with Crippen molar-refractivity contribution < 1.29 is 19.4 Å². The van der Waals surface area contributed by atoms with E-state index in [2.05, 4.69) is 6.08 Å². The minimum absolute atomic E-state index is 0.370. The first kappa shape index (κ1) is 18.0. The second kappa shape index (κ2) is 7.35. The number of para-hydroxylation sites is 1. The normalized spacial score (nSPS) is 14.7. The molecule has 4 rings (SSSR count). The Morgan fingerprint density at radius 3 is 2.46 bits per heavy atom. The van der Waals surface area contributed by atoms with Crippen LogP contribution in [-0.4, -0.2) is 30.3 Å². The number of benzene rings is 2. The fraction of sp³-hybridized carbons (Fsp3) is 0.217. The van der Waals surface area contributed by atoms with E-state index in [-0.39, 0.29) is 0 Å². The third kappa shape index (κ3) is 3.20. The van der Waals surface area contributed by atoms with E-state index in [1.54, 1.807) is 14.2 Å². The molecule has 0 spiro atoms. The summed E-state index contributed by atoms with van der Waals surface area (Å²) in [6.45, 7) is 0. The van der Waals surface area contributed by atoms with Crippen LogP contribution in [0, 0.1) is 0 Å². The van der Waals surface area contributed by atoms with E-state index in [1.165, 1.54) is 0 Å². The molecule has 5 heteroatoms. The standard InChI is InChI=1S/C23H21NO4/c1-27-16-11-14(12-17(13-16)28-2)10-15-6-5-8-19-21(23(25)26)18-7-3-4-9-20(18)24-22(15)19/h3-4,7,9-13H,5-6,8H2,1-2H3,(H,25,26)/b15-10-. The van der Waals surface area contributed by atoms with E-state index in [4.69, 9.17) is 14.5 Å². The number of aromatic nitrogens is 1. The highest BCUT2D eigenvalue weighted by Gasteiger charge is 2.24. The number of methoxy groups -OCH3 is 2. The fourth-order valence-electron chi connectivity index (χ4n) is 3.83. The quantitative estimate of drug-likeness (QED) is 0.707. The molecule has 0 aliphatic heterocycles. The first-order chi connectivity index (χ1) is 13.6. The summed E-state index contributed by atoms with van der Waals surface area (Å²) < 4.78 is 10.7. The maximum absolute atomic E-state index is 12.0. The molecule has 0 bridgehead atoms. The Balaban J connectivity index is 1.92. The molecule has 0 amide bonds. The predicted octanol–water partition coefficient (Wildman–Crippen LogP) is 4.83. The topological polar surface area (TPSA) is 68.7 Å². The molecule has 1 aromatic heterocycles. The fourth-order valence-corrected chi connectivity index (χ4v) is 3.83. The van der Waals surface area contributed by atoms with Gasteiger partial charge in [0.1, 0.15) is 11.5 Å².